The van der Waals surface area contributed by atoms with Crippen molar-refractivity contribution in [2.45, 2.75) is 20.0 Å². The van der Waals surface area contributed by atoms with Gasteiger partial charge >= 0.3 is 0 Å². The lowest BCUT2D eigenvalue weighted by atomic mass is 10.1. The molecule has 3 rings (SSSR count). The number of aliphatic hydroxyl groups excluding tert-OH is 1. The maximum Gasteiger partial charge on any atom is 0.257 e. The van der Waals surface area contributed by atoms with E-state index in [9.17, 15) is 14.3 Å². The van der Waals surface area contributed by atoms with Crippen molar-refractivity contribution < 1.29 is 18.7 Å². The average molecular weight is 346 g/mol. The molecule has 0 spiro atoms. The minimum Gasteiger partial charge on any atom is -0.466 e. The minimum absolute atomic E-state index is 0.00640. The lowest BCUT2D eigenvalue weighted by Crippen LogP contribution is -2.49. The highest BCUT2D eigenvalue weighted by molar-refractivity contribution is 5.95. The lowest BCUT2D eigenvalue weighted by molar-refractivity contribution is 0.0526. The monoisotopic (exact) mass is 346 g/mol. The van der Waals surface area contributed by atoms with Crippen molar-refractivity contribution in [3.05, 3.63) is 58.8 Å². The second-order valence-electron chi connectivity index (χ2n) is 6.49. The fraction of sp³-hybridized carbons (Fsp3) is 0.421. The van der Waals surface area contributed by atoms with E-state index in [0.29, 0.717) is 49.6 Å². The molecule has 1 aliphatic rings. The number of furan rings is 1. The maximum absolute atomic E-state index is 13.0. The number of aliphatic hydroxyl groups is 1. The Hall–Kier alpha value is -2.18. The van der Waals surface area contributed by atoms with Gasteiger partial charge in [0.15, 0.2) is 0 Å². The van der Waals surface area contributed by atoms with Gasteiger partial charge in [-0.15, -0.1) is 0 Å². The van der Waals surface area contributed by atoms with Crippen LogP contribution in [0.25, 0.3) is 0 Å². The summed E-state index contributed by atoms with van der Waals surface area (Å²) in [7, 11) is 0. The predicted octanol–water partition coefficient (Wildman–Crippen LogP) is 2.53. The Morgan fingerprint density at radius 2 is 1.84 bits per heavy atom. The van der Waals surface area contributed by atoms with Gasteiger partial charge in [0.2, 0.25) is 0 Å². The number of carbonyl (C=O) groups is 1. The Morgan fingerprint density at radius 3 is 2.40 bits per heavy atom. The first-order valence-electron chi connectivity index (χ1n) is 8.46. The summed E-state index contributed by atoms with van der Waals surface area (Å²) >= 11 is 0. The van der Waals surface area contributed by atoms with Crippen LogP contribution in [0.15, 0.2) is 34.7 Å². The van der Waals surface area contributed by atoms with Crippen LogP contribution in [0.2, 0.25) is 0 Å². The highest BCUT2D eigenvalue weighted by Gasteiger charge is 2.25. The van der Waals surface area contributed by atoms with Crippen molar-refractivity contribution in [2.75, 3.05) is 32.7 Å². The number of amides is 1. The predicted molar refractivity (Wildman–Crippen MR) is 91.9 cm³/mol. The SMILES string of the molecule is Cc1cc(C(=O)N2CCN(CC(O)c3ccc(F)cc3)CC2)c(C)o1. The standard InChI is InChI=1S/C19H23FN2O3/c1-13-11-17(14(2)25-13)19(24)22-9-7-21(8-10-22)12-18(23)15-3-5-16(20)6-4-15/h3-6,11,18,23H,7-10,12H2,1-2H3. The summed E-state index contributed by atoms with van der Waals surface area (Å²) in [6.07, 6.45) is -0.665. The van der Waals surface area contributed by atoms with E-state index in [4.69, 9.17) is 4.42 Å². The normalized spacial score (nSPS) is 16.9. The summed E-state index contributed by atoms with van der Waals surface area (Å²) in [5.74, 6) is 1.07. The first-order chi connectivity index (χ1) is 11.9. The van der Waals surface area contributed by atoms with Crippen molar-refractivity contribution in [3.8, 4) is 0 Å². The Bertz CT molecular complexity index is 734. The van der Waals surface area contributed by atoms with Crippen molar-refractivity contribution in [2.24, 2.45) is 0 Å². The molecule has 6 heteroatoms. The van der Waals surface area contributed by atoms with Crippen LogP contribution in [0, 0.1) is 19.7 Å². The third-order valence-corrected chi connectivity index (χ3v) is 4.62. The number of piperazine rings is 1. The number of benzene rings is 1. The fourth-order valence-corrected chi connectivity index (χ4v) is 3.18. The van der Waals surface area contributed by atoms with Crippen LogP contribution in [-0.2, 0) is 0 Å². The van der Waals surface area contributed by atoms with E-state index in [1.807, 2.05) is 11.8 Å². The summed E-state index contributed by atoms with van der Waals surface area (Å²) in [6, 6.07) is 7.69. The number of carbonyl (C=O) groups excluding carboxylic acids is 1. The fourth-order valence-electron chi connectivity index (χ4n) is 3.18. The molecule has 1 saturated heterocycles. The molecule has 2 heterocycles. The molecule has 1 N–H and O–H groups in total. The number of hydrogen-bond acceptors (Lipinski definition) is 4. The quantitative estimate of drug-likeness (QED) is 0.924. The van der Waals surface area contributed by atoms with Crippen LogP contribution in [0.5, 0.6) is 0 Å². The average Bonchev–Trinajstić information content (AvgIpc) is 2.94. The molecule has 134 valence electrons. The molecule has 1 aromatic heterocycles. The van der Waals surface area contributed by atoms with E-state index in [2.05, 4.69) is 4.90 Å². The van der Waals surface area contributed by atoms with E-state index >= 15 is 0 Å². The molecule has 1 atom stereocenters. The summed E-state index contributed by atoms with van der Waals surface area (Å²) in [5, 5.41) is 10.3. The Balaban J connectivity index is 1.54. The van der Waals surface area contributed by atoms with Gasteiger partial charge in [-0.05, 0) is 37.6 Å². The number of halogens is 1. The maximum atomic E-state index is 13.0. The van der Waals surface area contributed by atoms with Crippen LogP contribution in [0.3, 0.4) is 0 Å². The molecule has 1 aromatic carbocycles. The summed E-state index contributed by atoms with van der Waals surface area (Å²) < 4.78 is 18.4. The topological polar surface area (TPSA) is 56.9 Å². The molecular formula is C19H23FN2O3. The van der Waals surface area contributed by atoms with Crippen molar-refractivity contribution >= 4 is 5.91 Å². The lowest BCUT2D eigenvalue weighted by Gasteiger charge is -2.35. The molecule has 1 amide bonds. The molecule has 0 radical (unpaired) electrons. The second kappa shape index (κ2) is 7.37. The van der Waals surface area contributed by atoms with Gasteiger partial charge < -0.3 is 14.4 Å². The summed E-state index contributed by atoms with van der Waals surface area (Å²) in [5.41, 5.74) is 1.32. The number of rotatable bonds is 4. The van der Waals surface area contributed by atoms with Gasteiger partial charge in [-0.3, -0.25) is 9.69 Å². The summed E-state index contributed by atoms with van der Waals surface area (Å²) in [4.78, 5) is 16.5. The first kappa shape index (κ1) is 17.6. The van der Waals surface area contributed by atoms with Gasteiger partial charge in [-0.1, -0.05) is 12.1 Å². The van der Waals surface area contributed by atoms with Crippen LogP contribution >= 0.6 is 0 Å². The highest BCUT2D eigenvalue weighted by atomic mass is 19.1. The number of nitrogens with zero attached hydrogens (tertiary/aromatic N) is 2. The smallest absolute Gasteiger partial charge is 0.257 e. The van der Waals surface area contributed by atoms with Gasteiger partial charge in [0, 0.05) is 32.7 Å². The van der Waals surface area contributed by atoms with Crippen LogP contribution in [-0.4, -0.2) is 53.5 Å². The molecule has 0 aliphatic carbocycles. The van der Waals surface area contributed by atoms with Crippen LogP contribution in [0.4, 0.5) is 4.39 Å². The molecule has 1 aliphatic heterocycles. The van der Waals surface area contributed by atoms with Crippen molar-refractivity contribution in [1.29, 1.82) is 0 Å². The van der Waals surface area contributed by atoms with Gasteiger partial charge in [-0.2, -0.15) is 0 Å². The van der Waals surface area contributed by atoms with Gasteiger partial charge in [-0.25, -0.2) is 4.39 Å². The zero-order chi connectivity index (χ0) is 18.0. The van der Waals surface area contributed by atoms with Crippen molar-refractivity contribution in [1.82, 2.24) is 9.80 Å². The summed E-state index contributed by atoms with van der Waals surface area (Å²) in [6.45, 7) is 6.71. The van der Waals surface area contributed by atoms with Crippen molar-refractivity contribution in [3.63, 3.8) is 0 Å². The first-order valence-corrected chi connectivity index (χ1v) is 8.46. The van der Waals surface area contributed by atoms with E-state index in [1.54, 1.807) is 25.1 Å². The molecule has 0 bridgehead atoms. The Kier molecular flexibility index (Phi) is 5.20. The largest absolute Gasteiger partial charge is 0.466 e. The number of β-amino-alcohol motifs (C(OH)–C–C–N with tert-alkyl or cyclic N) is 1. The Morgan fingerprint density at radius 1 is 1.20 bits per heavy atom. The molecule has 5 nitrogen and oxygen atoms in total. The third-order valence-electron chi connectivity index (χ3n) is 4.62. The van der Waals surface area contributed by atoms with E-state index in [-0.39, 0.29) is 11.7 Å². The third kappa shape index (κ3) is 4.08. The molecular weight excluding hydrogens is 323 g/mol. The van der Waals surface area contributed by atoms with Crippen LogP contribution < -0.4 is 0 Å². The van der Waals surface area contributed by atoms with Gasteiger partial charge in [0.25, 0.3) is 5.91 Å². The Labute approximate surface area is 146 Å². The van der Waals surface area contributed by atoms with E-state index in [1.165, 1.54) is 12.1 Å². The molecule has 1 unspecified atom stereocenters. The second-order valence-corrected chi connectivity index (χ2v) is 6.49. The molecule has 25 heavy (non-hydrogen) atoms. The van der Waals surface area contributed by atoms with Crippen LogP contribution in [0.1, 0.15) is 33.5 Å². The molecule has 1 fully saturated rings. The minimum atomic E-state index is -0.665. The highest BCUT2D eigenvalue weighted by Crippen LogP contribution is 2.19. The molecule has 0 saturated carbocycles. The van der Waals surface area contributed by atoms with Gasteiger partial charge in [0.05, 0.1) is 11.7 Å². The van der Waals surface area contributed by atoms with E-state index in [0.717, 1.165) is 5.76 Å². The zero-order valence-corrected chi connectivity index (χ0v) is 14.5. The van der Waals surface area contributed by atoms with E-state index < -0.39 is 6.10 Å². The molecule has 2 aromatic rings. The zero-order valence-electron chi connectivity index (χ0n) is 14.5. The number of aryl methyl sites for hydroxylation is 2. The number of hydrogen-bond donors (Lipinski definition) is 1. The van der Waals surface area contributed by atoms with Gasteiger partial charge in [0.1, 0.15) is 17.3 Å².